The van der Waals surface area contributed by atoms with Crippen LogP contribution in [0, 0.1) is 18.3 Å². The van der Waals surface area contributed by atoms with Crippen LogP contribution in [0.15, 0.2) is 12.1 Å². The third-order valence-corrected chi connectivity index (χ3v) is 2.18. The number of ether oxygens (including phenoxy) is 2. The molecule has 0 saturated carbocycles. The first kappa shape index (κ1) is 13.5. The Morgan fingerprint density at radius 3 is 2.82 bits per heavy atom. The fourth-order valence-electron chi connectivity index (χ4n) is 1.33. The second-order valence-electron chi connectivity index (χ2n) is 3.76. The van der Waals surface area contributed by atoms with Crippen LogP contribution in [0.1, 0.15) is 31.0 Å². The van der Waals surface area contributed by atoms with Crippen molar-refractivity contribution in [2.75, 3.05) is 19.8 Å². The molecule has 0 aliphatic rings. The van der Waals surface area contributed by atoms with Crippen molar-refractivity contribution in [3.05, 3.63) is 23.4 Å². The van der Waals surface area contributed by atoms with Gasteiger partial charge in [-0.1, -0.05) is 13.3 Å². The Bertz CT molecular complexity index is 385. The van der Waals surface area contributed by atoms with E-state index < -0.39 is 0 Å². The first-order chi connectivity index (χ1) is 8.26. The van der Waals surface area contributed by atoms with Crippen LogP contribution in [0.3, 0.4) is 0 Å². The predicted octanol–water partition coefficient (Wildman–Crippen LogP) is 2.46. The van der Waals surface area contributed by atoms with Crippen LogP contribution < -0.4 is 4.74 Å². The number of aryl methyl sites for hydroxylation is 1. The summed E-state index contributed by atoms with van der Waals surface area (Å²) in [5.41, 5.74) is 1.35. The van der Waals surface area contributed by atoms with Crippen molar-refractivity contribution < 1.29 is 9.47 Å². The molecular weight excluding hydrogens is 216 g/mol. The highest BCUT2D eigenvalue weighted by Crippen LogP contribution is 2.11. The first-order valence-electron chi connectivity index (χ1n) is 5.85. The molecule has 17 heavy (non-hydrogen) atoms. The second kappa shape index (κ2) is 7.64. The number of nitriles is 1. The fraction of sp³-hybridized carbons (Fsp3) is 0.538. The van der Waals surface area contributed by atoms with Crippen molar-refractivity contribution in [3.63, 3.8) is 0 Å². The van der Waals surface area contributed by atoms with E-state index in [2.05, 4.69) is 18.0 Å². The minimum atomic E-state index is 0.463. The summed E-state index contributed by atoms with van der Waals surface area (Å²) in [6.45, 7) is 5.75. The third-order valence-electron chi connectivity index (χ3n) is 2.18. The van der Waals surface area contributed by atoms with Gasteiger partial charge in [-0.3, -0.25) is 0 Å². The van der Waals surface area contributed by atoms with Gasteiger partial charge in [-0.15, -0.1) is 0 Å². The smallest absolute Gasteiger partial charge is 0.214 e. The van der Waals surface area contributed by atoms with Crippen LogP contribution in [-0.4, -0.2) is 24.8 Å². The average molecular weight is 234 g/mol. The molecule has 0 atom stereocenters. The Labute approximate surface area is 102 Å². The lowest BCUT2D eigenvalue weighted by Crippen LogP contribution is -2.08. The second-order valence-corrected chi connectivity index (χ2v) is 3.76. The Hall–Kier alpha value is -1.60. The van der Waals surface area contributed by atoms with E-state index in [-0.39, 0.29) is 0 Å². The Morgan fingerprint density at radius 2 is 2.12 bits per heavy atom. The van der Waals surface area contributed by atoms with Gasteiger partial charge in [-0.05, 0) is 19.4 Å². The summed E-state index contributed by atoms with van der Waals surface area (Å²) in [5, 5.41) is 8.80. The maximum absolute atomic E-state index is 8.80. The quantitative estimate of drug-likeness (QED) is 0.680. The van der Waals surface area contributed by atoms with Crippen LogP contribution in [-0.2, 0) is 4.74 Å². The SMILES string of the molecule is CCCCOCCOc1cc(C#N)cc(C)n1. The van der Waals surface area contributed by atoms with Gasteiger partial charge in [0, 0.05) is 18.4 Å². The molecule has 4 nitrogen and oxygen atoms in total. The summed E-state index contributed by atoms with van der Waals surface area (Å²) in [6, 6.07) is 5.44. The topological polar surface area (TPSA) is 55.1 Å². The molecule has 0 spiro atoms. The van der Waals surface area contributed by atoms with Gasteiger partial charge >= 0.3 is 0 Å². The lowest BCUT2D eigenvalue weighted by Gasteiger charge is -2.07. The van der Waals surface area contributed by atoms with Gasteiger partial charge < -0.3 is 9.47 Å². The molecule has 0 saturated heterocycles. The molecule has 0 aliphatic heterocycles. The highest BCUT2D eigenvalue weighted by Gasteiger charge is 2.00. The first-order valence-corrected chi connectivity index (χ1v) is 5.85. The van der Waals surface area contributed by atoms with E-state index in [9.17, 15) is 0 Å². The largest absolute Gasteiger partial charge is 0.475 e. The van der Waals surface area contributed by atoms with E-state index in [1.807, 2.05) is 6.92 Å². The van der Waals surface area contributed by atoms with Crippen LogP contribution in [0.4, 0.5) is 0 Å². The maximum atomic E-state index is 8.80. The molecule has 0 N–H and O–H groups in total. The van der Waals surface area contributed by atoms with Gasteiger partial charge in [0.2, 0.25) is 5.88 Å². The molecule has 1 heterocycles. The van der Waals surface area contributed by atoms with E-state index in [1.54, 1.807) is 12.1 Å². The number of unbranched alkanes of at least 4 members (excludes halogenated alkanes) is 1. The molecule has 0 fully saturated rings. The summed E-state index contributed by atoms with van der Waals surface area (Å²) in [4.78, 5) is 4.19. The predicted molar refractivity (Wildman–Crippen MR) is 64.9 cm³/mol. The van der Waals surface area contributed by atoms with Crippen LogP contribution >= 0.6 is 0 Å². The van der Waals surface area contributed by atoms with E-state index in [4.69, 9.17) is 14.7 Å². The molecule has 1 aromatic heterocycles. The number of hydrogen-bond donors (Lipinski definition) is 0. The van der Waals surface area contributed by atoms with Crippen molar-refractivity contribution >= 4 is 0 Å². The molecule has 4 heteroatoms. The minimum Gasteiger partial charge on any atom is -0.475 e. The van der Waals surface area contributed by atoms with Crippen molar-refractivity contribution in [2.45, 2.75) is 26.7 Å². The molecule has 0 amide bonds. The zero-order chi connectivity index (χ0) is 12.5. The molecular formula is C13H18N2O2. The van der Waals surface area contributed by atoms with Crippen molar-refractivity contribution in [2.24, 2.45) is 0 Å². The molecule has 0 bridgehead atoms. The van der Waals surface area contributed by atoms with Crippen molar-refractivity contribution in [1.29, 1.82) is 5.26 Å². The summed E-state index contributed by atoms with van der Waals surface area (Å²) in [7, 11) is 0. The lowest BCUT2D eigenvalue weighted by atomic mass is 10.2. The molecule has 92 valence electrons. The molecule has 0 unspecified atom stereocenters. The molecule has 1 rings (SSSR count). The van der Waals surface area contributed by atoms with Gasteiger partial charge in [0.05, 0.1) is 18.2 Å². The van der Waals surface area contributed by atoms with Gasteiger partial charge in [-0.25, -0.2) is 4.98 Å². The van der Waals surface area contributed by atoms with Gasteiger partial charge in [0.1, 0.15) is 6.61 Å². The average Bonchev–Trinajstić information content (AvgIpc) is 2.33. The number of nitrogens with zero attached hydrogens (tertiary/aromatic N) is 2. The maximum Gasteiger partial charge on any atom is 0.214 e. The summed E-state index contributed by atoms with van der Waals surface area (Å²) in [5.74, 6) is 0.487. The summed E-state index contributed by atoms with van der Waals surface area (Å²) >= 11 is 0. The third kappa shape index (κ3) is 5.32. The lowest BCUT2D eigenvalue weighted by molar-refractivity contribution is 0.0964. The number of aromatic nitrogens is 1. The van der Waals surface area contributed by atoms with E-state index in [1.165, 1.54) is 0 Å². The van der Waals surface area contributed by atoms with Crippen LogP contribution in [0.5, 0.6) is 5.88 Å². The monoisotopic (exact) mass is 234 g/mol. The number of hydrogen-bond acceptors (Lipinski definition) is 4. The van der Waals surface area contributed by atoms with Crippen molar-refractivity contribution in [1.82, 2.24) is 4.98 Å². The summed E-state index contributed by atoms with van der Waals surface area (Å²) in [6.07, 6.45) is 2.20. The van der Waals surface area contributed by atoms with Gasteiger partial charge in [0.15, 0.2) is 0 Å². The minimum absolute atomic E-state index is 0.463. The summed E-state index contributed by atoms with van der Waals surface area (Å²) < 4.78 is 10.8. The Morgan fingerprint density at radius 1 is 1.29 bits per heavy atom. The molecule has 0 aliphatic carbocycles. The normalized spacial score (nSPS) is 9.94. The highest BCUT2D eigenvalue weighted by molar-refractivity contribution is 5.33. The molecule has 0 radical (unpaired) electrons. The van der Waals surface area contributed by atoms with Crippen molar-refractivity contribution in [3.8, 4) is 11.9 Å². The van der Waals surface area contributed by atoms with E-state index in [0.717, 1.165) is 25.1 Å². The molecule has 0 aromatic carbocycles. The van der Waals surface area contributed by atoms with Crippen LogP contribution in [0.2, 0.25) is 0 Å². The van der Waals surface area contributed by atoms with Gasteiger partial charge in [0.25, 0.3) is 0 Å². The Balaban J connectivity index is 2.32. The Kier molecular flexibility index (Phi) is 6.05. The fourth-order valence-corrected chi connectivity index (χ4v) is 1.33. The van der Waals surface area contributed by atoms with E-state index in [0.29, 0.717) is 24.7 Å². The number of pyridine rings is 1. The highest BCUT2D eigenvalue weighted by atomic mass is 16.5. The van der Waals surface area contributed by atoms with E-state index >= 15 is 0 Å². The zero-order valence-electron chi connectivity index (χ0n) is 10.4. The standard InChI is InChI=1S/C13H18N2O2/c1-3-4-5-16-6-7-17-13-9-12(10-14)8-11(2)15-13/h8-9H,3-7H2,1-2H3. The zero-order valence-corrected chi connectivity index (χ0v) is 10.4. The number of rotatable bonds is 7. The van der Waals surface area contributed by atoms with Crippen LogP contribution in [0.25, 0.3) is 0 Å². The molecule has 1 aromatic rings. The van der Waals surface area contributed by atoms with Gasteiger partial charge in [-0.2, -0.15) is 5.26 Å².